The zero-order valence-corrected chi connectivity index (χ0v) is 14.7. The molecule has 0 aliphatic carbocycles. The molecule has 0 bridgehead atoms. The number of sulfone groups is 1. The summed E-state index contributed by atoms with van der Waals surface area (Å²) >= 11 is 5.76. The zero-order valence-electron chi connectivity index (χ0n) is 13.1. The molecule has 7 heteroatoms. The van der Waals surface area contributed by atoms with E-state index in [9.17, 15) is 13.2 Å². The summed E-state index contributed by atoms with van der Waals surface area (Å²) in [5, 5.41) is 4.02. The smallest absolute Gasteiger partial charge is 0.225 e. The fourth-order valence-corrected chi connectivity index (χ4v) is 3.78. The number of benzene rings is 2. The van der Waals surface area contributed by atoms with E-state index in [-0.39, 0.29) is 23.0 Å². The van der Waals surface area contributed by atoms with E-state index in [0.29, 0.717) is 10.7 Å². The average Bonchev–Trinajstić information content (AvgIpc) is 2.61. The summed E-state index contributed by atoms with van der Waals surface area (Å²) < 4.78 is 24.6. The highest BCUT2D eigenvalue weighted by molar-refractivity contribution is 7.91. The van der Waals surface area contributed by atoms with Crippen LogP contribution in [0.15, 0.2) is 65.7 Å². The number of aromatic nitrogens is 1. The number of fused-ring (bicyclic) bond motifs is 1. The second kappa shape index (κ2) is 7.21. The summed E-state index contributed by atoms with van der Waals surface area (Å²) in [4.78, 5) is 16.5. The number of amides is 1. The monoisotopic (exact) mass is 374 g/mol. The Morgan fingerprint density at radius 3 is 2.56 bits per heavy atom. The van der Waals surface area contributed by atoms with Gasteiger partial charge in [-0.25, -0.2) is 8.42 Å². The summed E-state index contributed by atoms with van der Waals surface area (Å²) in [6, 6.07) is 14.9. The van der Waals surface area contributed by atoms with E-state index in [4.69, 9.17) is 11.6 Å². The molecule has 0 radical (unpaired) electrons. The lowest BCUT2D eigenvalue weighted by Gasteiger charge is -2.09. The molecule has 0 saturated heterocycles. The van der Waals surface area contributed by atoms with Gasteiger partial charge in [0.25, 0.3) is 0 Å². The molecule has 0 unspecified atom stereocenters. The van der Waals surface area contributed by atoms with E-state index < -0.39 is 9.84 Å². The number of anilines is 1. The minimum absolute atomic E-state index is 0.137. The van der Waals surface area contributed by atoms with Crippen molar-refractivity contribution in [2.75, 3.05) is 11.1 Å². The number of nitrogens with zero attached hydrogens (tertiary/aromatic N) is 1. The van der Waals surface area contributed by atoms with Crippen molar-refractivity contribution >= 4 is 43.9 Å². The molecular formula is C18H15ClN2O3S. The number of rotatable bonds is 5. The number of carbonyl (C=O) groups is 1. The first-order valence-electron chi connectivity index (χ1n) is 7.58. The van der Waals surface area contributed by atoms with Crippen LogP contribution in [0.25, 0.3) is 10.9 Å². The molecule has 0 aliphatic rings. The molecular weight excluding hydrogens is 360 g/mol. The number of halogens is 1. The van der Waals surface area contributed by atoms with Crippen LogP contribution in [-0.4, -0.2) is 25.1 Å². The molecule has 0 fully saturated rings. The number of nitrogens with one attached hydrogen (secondary N) is 1. The van der Waals surface area contributed by atoms with Crippen LogP contribution in [0.5, 0.6) is 0 Å². The van der Waals surface area contributed by atoms with Gasteiger partial charge in [-0.15, -0.1) is 0 Å². The maximum atomic E-state index is 12.3. The zero-order chi connectivity index (χ0) is 17.9. The largest absolute Gasteiger partial charge is 0.325 e. The summed E-state index contributed by atoms with van der Waals surface area (Å²) in [6.07, 6.45) is 1.54. The Morgan fingerprint density at radius 2 is 1.80 bits per heavy atom. The third-order valence-corrected chi connectivity index (χ3v) is 5.67. The van der Waals surface area contributed by atoms with Gasteiger partial charge in [-0.3, -0.25) is 9.78 Å². The Hall–Kier alpha value is -2.44. The minimum Gasteiger partial charge on any atom is -0.325 e. The SMILES string of the molecule is O=C(CCS(=O)(=O)c1ccc(Cl)cc1)Nc1cccc2ncccc12. The topological polar surface area (TPSA) is 76.1 Å². The van der Waals surface area contributed by atoms with Crippen LogP contribution in [0, 0.1) is 0 Å². The van der Waals surface area contributed by atoms with Crippen molar-refractivity contribution in [1.29, 1.82) is 0 Å². The van der Waals surface area contributed by atoms with Crippen LogP contribution in [0.4, 0.5) is 5.69 Å². The van der Waals surface area contributed by atoms with Crippen LogP contribution in [0.2, 0.25) is 5.02 Å². The highest BCUT2D eigenvalue weighted by Crippen LogP contribution is 2.22. The number of pyridine rings is 1. The predicted molar refractivity (Wildman–Crippen MR) is 98.5 cm³/mol. The lowest BCUT2D eigenvalue weighted by Crippen LogP contribution is -2.17. The number of hydrogen-bond acceptors (Lipinski definition) is 4. The molecule has 3 rings (SSSR count). The molecule has 0 atom stereocenters. The van der Waals surface area contributed by atoms with Crippen molar-refractivity contribution < 1.29 is 13.2 Å². The van der Waals surface area contributed by atoms with Gasteiger partial charge >= 0.3 is 0 Å². The summed E-state index contributed by atoms with van der Waals surface area (Å²) in [5.74, 6) is -0.641. The lowest BCUT2D eigenvalue weighted by atomic mass is 10.2. The molecule has 0 spiro atoms. The van der Waals surface area contributed by atoms with Gasteiger partial charge in [0.1, 0.15) is 0 Å². The van der Waals surface area contributed by atoms with Gasteiger partial charge in [-0.2, -0.15) is 0 Å². The van der Waals surface area contributed by atoms with Crippen molar-refractivity contribution in [3.8, 4) is 0 Å². The van der Waals surface area contributed by atoms with E-state index in [1.54, 1.807) is 24.4 Å². The van der Waals surface area contributed by atoms with Gasteiger partial charge in [0.05, 0.1) is 21.9 Å². The summed E-state index contributed by atoms with van der Waals surface area (Å²) in [7, 11) is -3.54. The quantitative estimate of drug-likeness (QED) is 0.738. The van der Waals surface area contributed by atoms with Gasteiger partial charge < -0.3 is 5.32 Å². The van der Waals surface area contributed by atoms with Gasteiger partial charge in [-0.1, -0.05) is 17.7 Å². The Kier molecular flexibility index (Phi) is 5.01. The van der Waals surface area contributed by atoms with Crippen molar-refractivity contribution in [1.82, 2.24) is 4.98 Å². The molecule has 0 aliphatic heterocycles. The van der Waals surface area contributed by atoms with Crippen LogP contribution in [-0.2, 0) is 14.6 Å². The Labute approximate surface area is 150 Å². The second-order valence-corrected chi connectivity index (χ2v) is 7.99. The third kappa shape index (κ3) is 4.15. The van der Waals surface area contributed by atoms with Crippen molar-refractivity contribution in [3.05, 3.63) is 65.8 Å². The third-order valence-electron chi connectivity index (χ3n) is 3.69. The van der Waals surface area contributed by atoms with E-state index in [1.165, 1.54) is 24.3 Å². The molecule has 25 heavy (non-hydrogen) atoms. The average molecular weight is 375 g/mol. The standard InChI is InChI=1S/C18H15ClN2O3S/c19-13-6-8-14(9-7-13)25(23,24)12-10-18(22)21-17-5-1-4-16-15(17)3-2-11-20-16/h1-9,11H,10,12H2,(H,21,22). The maximum Gasteiger partial charge on any atom is 0.225 e. The number of hydrogen-bond donors (Lipinski definition) is 1. The normalized spacial score (nSPS) is 11.4. The second-order valence-electron chi connectivity index (χ2n) is 5.45. The summed E-state index contributed by atoms with van der Waals surface area (Å²) in [5.41, 5.74) is 1.37. The maximum absolute atomic E-state index is 12.3. The number of carbonyl (C=O) groups excluding carboxylic acids is 1. The molecule has 3 aromatic rings. The Balaban J connectivity index is 1.69. The summed E-state index contributed by atoms with van der Waals surface area (Å²) in [6.45, 7) is 0. The first kappa shape index (κ1) is 17.4. The molecule has 0 saturated carbocycles. The molecule has 1 heterocycles. The highest BCUT2D eigenvalue weighted by Gasteiger charge is 2.17. The van der Waals surface area contributed by atoms with Crippen molar-refractivity contribution in [2.24, 2.45) is 0 Å². The Morgan fingerprint density at radius 1 is 1.04 bits per heavy atom. The fourth-order valence-electron chi connectivity index (χ4n) is 2.41. The molecule has 5 nitrogen and oxygen atoms in total. The lowest BCUT2D eigenvalue weighted by molar-refractivity contribution is -0.115. The van der Waals surface area contributed by atoms with Crippen molar-refractivity contribution in [2.45, 2.75) is 11.3 Å². The molecule has 2 aromatic carbocycles. The van der Waals surface area contributed by atoms with E-state index in [0.717, 1.165) is 10.9 Å². The predicted octanol–water partition coefficient (Wildman–Crippen LogP) is 3.69. The highest BCUT2D eigenvalue weighted by atomic mass is 35.5. The van der Waals surface area contributed by atoms with Crippen LogP contribution < -0.4 is 5.32 Å². The van der Waals surface area contributed by atoms with Crippen LogP contribution >= 0.6 is 11.6 Å². The van der Waals surface area contributed by atoms with E-state index in [2.05, 4.69) is 10.3 Å². The minimum atomic E-state index is -3.54. The van der Waals surface area contributed by atoms with Gasteiger partial charge in [-0.05, 0) is 48.5 Å². The first-order chi connectivity index (χ1) is 12.0. The van der Waals surface area contributed by atoms with E-state index >= 15 is 0 Å². The molecule has 1 amide bonds. The van der Waals surface area contributed by atoms with Crippen LogP contribution in [0.3, 0.4) is 0 Å². The Bertz CT molecular complexity index is 1010. The van der Waals surface area contributed by atoms with Crippen molar-refractivity contribution in [3.63, 3.8) is 0 Å². The fraction of sp³-hybridized carbons (Fsp3) is 0.111. The molecule has 128 valence electrons. The van der Waals surface area contributed by atoms with Crippen LogP contribution in [0.1, 0.15) is 6.42 Å². The molecule has 1 aromatic heterocycles. The van der Waals surface area contributed by atoms with Gasteiger partial charge in [0.2, 0.25) is 5.91 Å². The van der Waals surface area contributed by atoms with E-state index in [1.807, 2.05) is 12.1 Å². The van der Waals surface area contributed by atoms with Gasteiger partial charge in [0.15, 0.2) is 9.84 Å². The van der Waals surface area contributed by atoms with Gasteiger partial charge in [0, 0.05) is 23.0 Å². The first-order valence-corrected chi connectivity index (χ1v) is 9.61. The molecule has 1 N–H and O–H groups in total.